The Morgan fingerprint density at radius 2 is 1.84 bits per heavy atom. The summed E-state index contributed by atoms with van der Waals surface area (Å²) in [7, 11) is 0. The molecule has 0 radical (unpaired) electrons. The van der Waals surface area contributed by atoms with Gasteiger partial charge in [-0.2, -0.15) is 0 Å². The van der Waals surface area contributed by atoms with Crippen LogP contribution in [0.2, 0.25) is 0 Å². The maximum absolute atomic E-state index is 10.5. The molecule has 1 aliphatic heterocycles. The number of hydrogen-bond acceptors (Lipinski definition) is 2. The molecule has 2 rings (SSSR count). The van der Waals surface area contributed by atoms with Crippen molar-refractivity contribution in [2.45, 2.75) is 52.1 Å². The number of aryl methyl sites for hydroxylation is 1. The molecule has 1 N–H and O–H groups in total. The summed E-state index contributed by atoms with van der Waals surface area (Å²) in [4.78, 5) is 2.40. The standard InChI is InChI=1S/C17H27NO/c1-13(2)15-8-7-14(3)16(11-15)17(19)12-18-9-5-4-6-10-18/h7-8,11,13,17,19H,4-6,9-10,12H2,1-3H3/t17-/m0/s1. The van der Waals surface area contributed by atoms with Gasteiger partial charge in [0.05, 0.1) is 6.10 Å². The molecule has 1 heterocycles. The van der Waals surface area contributed by atoms with Gasteiger partial charge in [-0.25, -0.2) is 0 Å². The summed E-state index contributed by atoms with van der Waals surface area (Å²) in [5.74, 6) is 0.515. The van der Waals surface area contributed by atoms with Gasteiger partial charge in [0.25, 0.3) is 0 Å². The Balaban J connectivity index is 2.08. The first-order valence-electron chi connectivity index (χ1n) is 7.59. The molecule has 2 nitrogen and oxygen atoms in total. The summed E-state index contributed by atoms with van der Waals surface area (Å²) in [6.45, 7) is 9.55. The van der Waals surface area contributed by atoms with Crippen LogP contribution in [-0.2, 0) is 0 Å². The van der Waals surface area contributed by atoms with Crippen LogP contribution >= 0.6 is 0 Å². The van der Waals surface area contributed by atoms with Crippen molar-refractivity contribution in [3.8, 4) is 0 Å². The normalized spacial score (nSPS) is 18.8. The van der Waals surface area contributed by atoms with Crippen molar-refractivity contribution >= 4 is 0 Å². The summed E-state index contributed by atoms with van der Waals surface area (Å²) in [6.07, 6.45) is 3.54. The lowest BCUT2D eigenvalue weighted by molar-refractivity contribution is 0.101. The molecule has 1 atom stereocenters. The van der Waals surface area contributed by atoms with E-state index in [1.807, 2.05) is 0 Å². The van der Waals surface area contributed by atoms with Gasteiger partial charge in [-0.05, 0) is 55.5 Å². The second-order valence-corrected chi connectivity index (χ2v) is 6.15. The fourth-order valence-electron chi connectivity index (χ4n) is 2.86. The average molecular weight is 261 g/mol. The number of hydrogen-bond donors (Lipinski definition) is 1. The fraction of sp³-hybridized carbons (Fsp3) is 0.647. The molecule has 106 valence electrons. The van der Waals surface area contributed by atoms with E-state index in [1.54, 1.807) is 0 Å². The summed E-state index contributed by atoms with van der Waals surface area (Å²) >= 11 is 0. The average Bonchev–Trinajstić information content (AvgIpc) is 2.40. The summed E-state index contributed by atoms with van der Waals surface area (Å²) < 4.78 is 0. The fourth-order valence-corrected chi connectivity index (χ4v) is 2.86. The predicted octanol–water partition coefficient (Wildman–Crippen LogP) is 3.64. The van der Waals surface area contributed by atoms with E-state index < -0.39 is 0 Å². The van der Waals surface area contributed by atoms with Crippen molar-refractivity contribution in [2.24, 2.45) is 0 Å². The number of rotatable bonds is 4. The molecule has 0 unspecified atom stereocenters. The zero-order valence-corrected chi connectivity index (χ0v) is 12.5. The molecule has 0 spiro atoms. The summed E-state index contributed by atoms with van der Waals surface area (Å²) in [6, 6.07) is 6.51. The van der Waals surface area contributed by atoms with E-state index in [-0.39, 0.29) is 6.10 Å². The van der Waals surface area contributed by atoms with Crippen LogP contribution in [-0.4, -0.2) is 29.6 Å². The Morgan fingerprint density at radius 1 is 1.16 bits per heavy atom. The molecule has 1 aromatic carbocycles. The SMILES string of the molecule is Cc1ccc(C(C)C)cc1[C@@H](O)CN1CCCCC1. The largest absolute Gasteiger partial charge is 0.387 e. The lowest BCUT2D eigenvalue weighted by Crippen LogP contribution is -2.33. The number of nitrogens with zero attached hydrogens (tertiary/aromatic N) is 1. The van der Waals surface area contributed by atoms with Gasteiger partial charge in [-0.3, -0.25) is 0 Å². The first kappa shape index (κ1) is 14.5. The highest BCUT2D eigenvalue weighted by Crippen LogP contribution is 2.25. The zero-order valence-electron chi connectivity index (χ0n) is 12.5. The van der Waals surface area contributed by atoms with Crippen LogP contribution in [0.15, 0.2) is 18.2 Å². The van der Waals surface area contributed by atoms with E-state index in [0.29, 0.717) is 5.92 Å². The highest BCUT2D eigenvalue weighted by atomic mass is 16.3. The molecule has 1 saturated heterocycles. The molecular weight excluding hydrogens is 234 g/mol. The van der Waals surface area contributed by atoms with Gasteiger partial charge in [-0.1, -0.05) is 38.5 Å². The smallest absolute Gasteiger partial charge is 0.0919 e. The Morgan fingerprint density at radius 3 is 2.47 bits per heavy atom. The lowest BCUT2D eigenvalue weighted by atomic mass is 9.95. The number of likely N-dealkylation sites (tertiary alicyclic amines) is 1. The van der Waals surface area contributed by atoms with E-state index >= 15 is 0 Å². The minimum absolute atomic E-state index is 0.350. The molecule has 1 aromatic rings. The highest BCUT2D eigenvalue weighted by Gasteiger charge is 2.17. The van der Waals surface area contributed by atoms with Gasteiger partial charge >= 0.3 is 0 Å². The highest BCUT2D eigenvalue weighted by molar-refractivity contribution is 5.34. The maximum Gasteiger partial charge on any atom is 0.0919 e. The number of benzene rings is 1. The molecule has 1 fully saturated rings. The van der Waals surface area contributed by atoms with Crippen molar-refractivity contribution < 1.29 is 5.11 Å². The number of β-amino-alcohol motifs (C(OH)–C–C–N with tert-alkyl or cyclic N) is 1. The van der Waals surface area contributed by atoms with Crippen LogP contribution in [0.5, 0.6) is 0 Å². The summed E-state index contributed by atoms with van der Waals surface area (Å²) in [5.41, 5.74) is 3.63. The molecule has 0 aromatic heterocycles. The van der Waals surface area contributed by atoms with Crippen LogP contribution < -0.4 is 0 Å². The number of piperidine rings is 1. The minimum atomic E-state index is -0.350. The third-order valence-corrected chi connectivity index (χ3v) is 4.21. The third-order valence-electron chi connectivity index (χ3n) is 4.21. The molecule has 0 aliphatic carbocycles. The van der Waals surface area contributed by atoms with Gasteiger partial charge in [0.15, 0.2) is 0 Å². The van der Waals surface area contributed by atoms with Gasteiger partial charge in [-0.15, -0.1) is 0 Å². The van der Waals surface area contributed by atoms with Crippen LogP contribution in [0.3, 0.4) is 0 Å². The Kier molecular flexibility index (Phi) is 5.00. The predicted molar refractivity (Wildman–Crippen MR) is 80.5 cm³/mol. The Bertz CT molecular complexity index is 408. The van der Waals surface area contributed by atoms with Crippen molar-refractivity contribution in [1.29, 1.82) is 0 Å². The van der Waals surface area contributed by atoms with E-state index in [4.69, 9.17) is 0 Å². The number of aliphatic hydroxyl groups excluding tert-OH is 1. The zero-order chi connectivity index (χ0) is 13.8. The van der Waals surface area contributed by atoms with Crippen molar-refractivity contribution in [3.63, 3.8) is 0 Å². The van der Waals surface area contributed by atoms with Gasteiger partial charge in [0.1, 0.15) is 0 Å². The van der Waals surface area contributed by atoms with E-state index in [2.05, 4.69) is 43.9 Å². The molecule has 0 amide bonds. The van der Waals surface area contributed by atoms with E-state index in [9.17, 15) is 5.11 Å². The molecule has 1 aliphatic rings. The first-order valence-corrected chi connectivity index (χ1v) is 7.59. The van der Waals surface area contributed by atoms with Crippen LogP contribution in [0.4, 0.5) is 0 Å². The monoisotopic (exact) mass is 261 g/mol. The quantitative estimate of drug-likeness (QED) is 0.894. The second-order valence-electron chi connectivity index (χ2n) is 6.15. The van der Waals surface area contributed by atoms with Gasteiger partial charge < -0.3 is 10.0 Å². The number of aliphatic hydroxyl groups is 1. The molecule has 0 saturated carbocycles. The maximum atomic E-state index is 10.5. The first-order chi connectivity index (χ1) is 9.08. The van der Waals surface area contributed by atoms with Crippen LogP contribution in [0, 0.1) is 6.92 Å². The van der Waals surface area contributed by atoms with Crippen LogP contribution in [0.25, 0.3) is 0 Å². The third kappa shape index (κ3) is 3.80. The summed E-state index contributed by atoms with van der Waals surface area (Å²) in [5, 5.41) is 10.5. The van der Waals surface area contributed by atoms with Gasteiger partial charge in [0, 0.05) is 6.54 Å². The molecule has 0 bridgehead atoms. The van der Waals surface area contributed by atoms with Crippen molar-refractivity contribution in [3.05, 3.63) is 34.9 Å². The molecule has 19 heavy (non-hydrogen) atoms. The van der Waals surface area contributed by atoms with Gasteiger partial charge in [0.2, 0.25) is 0 Å². The van der Waals surface area contributed by atoms with E-state index in [0.717, 1.165) is 25.2 Å². The minimum Gasteiger partial charge on any atom is -0.387 e. The Labute approximate surface area is 117 Å². The second kappa shape index (κ2) is 6.53. The van der Waals surface area contributed by atoms with Crippen molar-refractivity contribution in [2.75, 3.05) is 19.6 Å². The van der Waals surface area contributed by atoms with Crippen LogP contribution in [0.1, 0.15) is 61.8 Å². The molecule has 2 heteroatoms. The topological polar surface area (TPSA) is 23.5 Å². The Hall–Kier alpha value is -0.860. The van der Waals surface area contributed by atoms with Crippen molar-refractivity contribution in [1.82, 2.24) is 4.90 Å². The lowest BCUT2D eigenvalue weighted by Gasteiger charge is -2.29. The molecular formula is C17H27NO. The van der Waals surface area contributed by atoms with E-state index in [1.165, 1.54) is 30.4 Å².